The lowest BCUT2D eigenvalue weighted by molar-refractivity contribution is -0.242. The number of nitrogens with zero attached hydrogens (tertiary/aromatic N) is 1. The lowest BCUT2D eigenvalue weighted by atomic mass is 9.41. The molecule has 0 aromatic rings. The molecule has 158 valence electrons. The molecule has 6 unspecified atom stereocenters. The average Bonchev–Trinajstić information content (AvgIpc) is 3.21. The van der Waals surface area contributed by atoms with Crippen molar-refractivity contribution in [3.63, 3.8) is 0 Å². The quantitative estimate of drug-likeness (QED) is 0.581. The number of aliphatic hydroxyl groups is 3. The van der Waals surface area contributed by atoms with Gasteiger partial charge >= 0.3 is 5.97 Å². The molecule has 4 fully saturated rings. The highest BCUT2D eigenvalue weighted by Gasteiger charge is 2.71. The van der Waals surface area contributed by atoms with E-state index in [0.717, 1.165) is 24.8 Å². The maximum Gasteiger partial charge on any atom is 0.331 e. The lowest BCUT2D eigenvalue weighted by Gasteiger charge is -2.64. The van der Waals surface area contributed by atoms with Gasteiger partial charge in [-0.1, -0.05) is 6.92 Å². The number of ether oxygens (including phenoxy) is 1. The van der Waals surface area contributed by atoms with Crippen molar-refractivity contribution >= 4 is 5.97 Å². The summed E-state index contributed by atoms with van der Waals surface area (Å²) in [7, 11) is 0. The van der Waals surface area contributed by atoms with Crippen LogP contribution in [0.15, 0.2) is 11.6 Å². The van der Waals surface area contributed by atoms with Crippen molar-refractivity contribution in [3.8, 4) is 6.07 Å². The summed E-state index contributed by atoms with van der Waals surface area (Å²) >= 11 is 0. The Bertz CT molecular complexity index is 819. The molecule has 4 saturated carbocycles. The van der Waals surface area contributed by atoms with Crippen LogP contribution < -0.4 is 0 Å². The molecule has 8 atom stereocenters. The zero-order valence-electron chi connectivity index (χ0n) is 17.1. The molecule has 0 amide bonds. The van der Waals surface area contributed by atoms with Gasteiger partial charge in [-0.3, -0.25) is 0 Å². The van der Waals surface area contributed by atoms with E-state index in [0.29, 0.717) is 38.7 Å². The van der Waals surface area contributed by atoms with Gasteiger partial charge in [0.1, 0.15) is 6.61 Å². The van der Waals surface area contributed by atoms with Crippen LogP contribution in [-0.4, -0.2) is 45.2 Å². The van der Waals surface area contributed by atoms with Crippen molar-refractivity contribution in [1.29, 1.82) is 5.26 Å². The summed E-state index contributed by atoms with van der Waals surface area (Å²) in [5, 5.41) is 44.0. The van der Waals surface area contributed by atoms with Gasteiger partial charge < -0.3 is 20.1 Å². The molecular weight excluding hydrogens is 370 g/mol. The van der Waals surface area contributed by atoms with Crippen LogP contribution in [0.3, 0.4) is 0 Å². The number of fused-ring (bicyclic) bond motifs is 5. The van der Waals surface area contributed by atoms with Crippen molar-refractivity contribution < 1.29 is 24.9 Å². The topological polar surface area (TPSA) is 111 Å². The van der Waals surface area contributed by atoms with Crippen LogP contribution in [0.25, 0.3) is 0 Å². The van der Waals surface area contributed by atoms with E-state index in [1.807, 2.05) is 0 Å². The number of cyclic esters (lactones) is 1. The molecule has 0 saturated heterocycles. The highest BCUT2D eigenvalue weighted by molar-refractivity contribution is 5.85. The third kappa shape index (κ3) is 2.30. The monoisotopic (exact) mass is 401 g/mol. The van der Waals surface area contributed by atoms with Crippen LogP contribution in [0, 0.1) is 39.9 Å². The van der Waals surface area contributed by atoms with E-state index in [4.69, 9.17) is 4.74 Å². The zero-order valence-corrected chi connectivity index (χ0v) is 17.1. The summed E-state index contributed by atoms with van der Waals surface area (Å²) in [6.07, 6.45) is 6.48. The summed E-state index contributed by atoms with van der Waals surface area (Å²) in [5.41, 5.74) is -2.33. The molecule has 0 spiro atoms. The highest BCUT2D eigenvalue weighted by Crippen LogP contribution is 2.70. The highest BCUT2D eigenvalue weighted by atomic mass is 16.5. The Morgan fingerprint density at radius 2 is 1.86 bits per heavy atom. The Hall–Kier alpha value is -1.42. The minimum absolute atomic E-state index is 0.0416. The van der Waals surface area contributed by atoms with Gasteiger partial charge in [0.2, 0.25) is 0 Å². The summed E-state index contributed by atoms with van der Waals surface area (Å²) in [6, 6.07) is 2.51. The fraction of sp³-hybridized carbons (Fsp3) is 0.826. The Morgan fingerprint density at radius 1 is 1.10 bits per heavy atom. The number of nitriles is 1. The molecule has 4 aliphatic carbocycles. The van der Waals surface area contributed by atoms with Gasteiger partial charge in [-0.15, -0.1) is 0 Å². The maximum atomic E-state index is 12.1. The first-order valence-corrected chi connectivity index (χ1v) is 11.1. The van der Waals surface area contributed by atoms with E-state index < -0.39 is 22.7 Å². The van der Waals surface area contributed by atoms with Crippen molar-refractivity contribution in [3.05, 3.63) is 11.6 Å². The van der Waals surface area contributed by atoms with Crippen molar-refractivity contribution in [1.82, 2.24) is 0 Å². The second-order valence-corrected chi connectivity index (χ2v) is 10.6. The van der Waals surface area contributed by atoms with E-state index in [9.17, 15) is 25.4 Å². The number of rotatable bonds is 1. The summed E-state index contributed by atoms with van der Waals surface area (Å²) in [4.78, 5) is 11.6. The number of hydrogen-bond donors (Lipinski definition) is 3. The predicted molar refractivity (Wildman–Crippen MR) is 103 cm³/mol. The van der Waals surface area contributed by atoms with Crippen LogP contribution in [0.2, 0.25) is 0 Å². The number of aliphatic hydroxyl groups excluding tert-OH is 1. The molecule has 3 N–H and O–H groups in total. The minimum atomic E-state index is -1.17. The molecule has 6 nitrogen and oxygen atoms in total. The minimum Gasteiger partial charge on any atom is -0.458 e. The van der Waals surface area contributed by atoms with Gasteiger partial charge in [0.25, 0.3) is 0 Å². The molecule has 0 bridgehead atoms. The summed E-state index contributed by atoms with van der Waals surface area (Å²) < 4.78 is 5.16. The van der Waals surface area contributed by atoms with Crippen LogP contribution in [0.1, 0.15) is 64.7 Å². The molecule has 0 radical (unpaired) electrons. The van der Waals surface area contributed by atoms with Crippen molar-refractivity contribution in [2.45, 2.75) is 82.0 Å². The largest absolute Gasteiger partial charge is 0.458 e. The number of hydrogen-bond acceptors (Lipinski definition) is 6. The molecule has 5 rings (SSSR count). The van der Waals surface area contributed by atoms with Gasteiger partial charge in [-0.2, -0.15) is 5.26 Å². The first kappa shape index (κ1) is 19.5. The molecule has 0 aromatic carbocycles. The average molecular weight is 402 g/mol. The molecule has 5 aliphatic rings. The second-order valence-electron chi connectivity index (χ2n) is 10.6. The van der Waals surface area contributed by atoms with Crippen LogP contribution >= 0.6 is 0 Å². The number of carbonyl (C=O) groups excluding carboxylic acids is 1. The summed E-state index contributed by atoms with van der Waals surface area (Å²) in [6.45, 7) is 2.47. The van der Waals surface area contributed by atoms with Gasteiger partial charge in [-0.05, 0) is 74.7 Å². The fourth-order valence-electron chi connectivity index (χ4n) is 8.27. The SMILES string of the molecule is CC12CC[C@H]3[C@H](CCC4(O)CC(O)CCC34C#N)C1(O)CCC2C1=CC(=O)OC1. The van der Waals surface area contributed by atoms with Crippen molar-refractivity contribution in [2.24, 2.45) is 28.6 Å². The van der Waals surface area contributed by atoms with E-state index in [2.05, 4.69) is 13.0 Å². The molecule has 0 aromatic heterocycles. The van der Waals surface area contributed by atoms with E-state index in [-0.39, 0.29) is 35.6 Å². The Morgan fingerprint density at radius 3 is 2.55 bits per heavy atom. The van der Waals surface area contributed by atoms with Crippen LogP contribution in [0.4, 0.5) is 0 Å². The maximum absolute atomic E-state index is 12.1. The second kappa shape index (κ2) is 6.06. The summed E-state index contributed by atoms with van der Waals surface area (Å²) in [5.74, 6) is -0.280. The standard InChI is InChI=1S/C23H31NO5/c1-20-6-3-17-18(4-8-22(27)11-15(25)2-7-21(17,22)13-24)23(20,28)9-5-16(20)14-10-19(26)29-12-14/h10,15-18,25,27-28H,2-9,11-12H2,1H3/t15?,16?,17-,18-,20?,21?,22?,23?/m0/s1. The van der Waals surface area contributed by atoms with Gasteiger partial charge in [0.15, 0.2) is 0 Å². The third-order valence-electron chi connectivity index (χ3n) is 9.75. The van der Waals surface area contributed by atoms with Crippen LogP contribution in [-0.2, 0) is 9.53 Å². The molecule has 6 heteroatoms. The Kier molecular flexibility index (Phi) is 4.08. The first-order chi connectivity index (χ1) is 13.7. The van der Waals surface area contributed by atoms with Gasteiger partial charge in [0, 0.05) is 17.9 Å². The molecule has 1 heterocycles. The predicted octanol–water partition coefficient (Wildman–Crippen LogP) is 2.22. The van der Waals surface area contributed by atoms with Crippen molar-refractivity contribution in [2.75, 3.05) is 6.61 Å². The molecular formula is C23H31NO5. The van der Waals surface area contributed by atoms with Crippen LogP contribution in [0.5, 0.6) is 0 Å². The smallest absolute Gasteiger partial charge is 0.331 e. The zero-order chi connectivity index (χ0) is 20.7. The molecule has 29 heavy (non-hydrogen) atoms. The van der Waals surface area contributed by atoms with Gasteiger partial charge in [-0.25, -0.2) is 4.79 Å². The first-order valence-electron chi connectivity index (χ1n) is 11.1. The number of carbonyl (C=O) groups is 1. The van der Waals surface area contributed by atoms with E-state index in [1.165, 1.54) is 0 Å². The fourth-order valence-corrected chi connectivity index (χ4v) is 8.27. The Labute approximate surface area is 171 Å². The number of esters is 1. The normalized spacial score (nSPS) is 53.9. The molecule has 1 aliphatic heterocycles. The van der Waals surface area contributed by atoms with E-state index >= 15 is 0 Å². The van der Waals surface area contributed by atoms with Gasteiger partial charge in [0.05, 0.1) is 28.8 Å². The lowest BCUT2D eigenvalue weighted by Crippen LogP contribution is -2.67. The Balaban J connectivity index is 1.52. The third-order valence-corrected chi connectivity index (χ3v) is 9.75. The van der Waals surface area contributed by atoms with E-state index in [1.54, 1.807) is 6.08 Å².